The molecule has 0 aliphatic heterocycles. The summed E-state index contributed by atoms with van der Waals surface area (Å²) in [5, 5.41) is 12.3. The van der Waals surface area contributed by atoms with Crippen LogP contribution in [0.2, 0.25) is 0 Å². The van der Waals surface area contributed by atoms with Gasteiger partial charge in [-0.3, -0.25) is 4.79 Å². The van der Waals surface area contributed by atoms with Crippen LogP contribution in [0.1, 0.15) is 23.1 Å². The summed E-state index contributed by atoms with van der Waals surface area (Å²) >= 11 is 0. The molecule has 1 heterocycles. The first-order chi connectivity index (χ1) is 10.3. The van der Waals surface area contributed by atoms with Crippen LogP contribution in [0.15, 0.2) is 41.3 Å². The first-order valence-corrected chi connectivity index (χ1v) is 8.29. The quantitative estimate of drug-likeness (QED) is 0.841. The van der Waals surface area contributed by atoms with Gasteiger partial charge >= 0.3 is 0 Å². The highest BCUT2D eigenvalue weighted by atomic mass is 32.2. The van der Waals surface area contributed by atoms with Crippen molar-refractivity contribution in [2.24, 2.45) is 0 Å². The number of hydrogen-bond acceptors (Lipinski definition) is 5. The maximum atomic E-state index is 12.1. The SMILES string of the molecule is CCS(=O)(=O)c1ccc(O)c(NC(=O)c2cccc(C)n2)c1. The van der Waals surface area contributed by atoms with Crippen molar-refractivity contribution in [1.29, 1.82) is 0 Å². The molecule has 1 aromatic heterocycles. The fraction of sp³-hybridized carbons (Fsp3) is 0.200. The number of aryl methyl sites for hydroxylation is 1. The van der Waals surface area contributed by atoms with Gasteiger partial charge in [-0.2, -0.15) is 0 Å². The highest BCUT2D eigenvalue weighted by molar-refractivity contribution is 7.91. The highest BCUT2D eigenvalue weighted by Gasteiger charge is 2.16. The second kappa shape index (κ2) is 6.15. The minimum absolute atomic E-state index is 0.0304. The Bertz CT molecular complexity index is 816. The topological polar surface area (TPSA) is 96.4 Å². The lowest BCUT2D eigenvalue weighted by Gasteiger charge is -2.09. The van der Waals surface area contributed by atoms with E-state index in [0.29, 0.717) is 5.69 Å². The molecule has 2 N–H and O–H groups in total. The van der Waals surface area contributed by atoms with Gasteiger partial charge < -0.3 is 10.4 Å². The van der Waals surface area contributed by atoms with Gasteiger partial charge in [-0.15, -0.1) is 0 Å². The van der Waals surface area contributed by atoms with E-state index in [-0.39, 0.29) is 27.8 Å². The Morgan fingerprint density at radius 1 is 1.27 bits per heavy atom. The Morgan fingerprint density at radius 2 is 2.00 bits per heavy atom. The molecule has 0 bridgehead atoms. The normalized spacial score (nSPS) is 11.2. The number of pyridine rings is 1. The third-order valence-electron chi connectivity index (χ3n) is 3.08. The average Bonchev–Trinajstić information content (AvgIpc) is 2.49. The number of anilines is 1. The largest absolute Gasteiger partial charge is 0.506 e. The molecule has 0 saturated carbocycles. The predicted molar refractivity (Wildman–Crippen MR) is 82.8 cm³/mol. The monoisotopic (exact) mass is 320 g/mol. The Balaban J connectivity index is 2.33. The van der Waals surface area contributed by atoms with Crippen molar-refractivity contribution in [3.8, 4) is 5.75 Å². The van der Waals surface area contributed by atoms with E-state index in [1.54, 1.807) is 19.1 Å². The molecule has 0 saturated heterocycles. The number of phenols is 1. The zero-order chi connectivity index (χ0) is 16.3. The molecular formula is C15H16N2O4S. The van der Waals surface area contributed by atoms with Crippen molar-refractivity contribution in [3.05, 3.63) is 47.8 Å². The molecule has 22 heavy (non-hydrogen) atoms. The number of aromatic nitrogens is 1. The average molecular weight is 320 g/mol. The van der Waals surface area contributed by atoms with Crippen LogP contribution in [-0.4, -0.2) is 30.2 Å². The smallest absolute Gasteiger partial charge is 0.274 e. The van der Waals surface area contributed by atoms with Crippen LogP contribution in [0.5, 0.6) is 5.75 Å². The zero-order valence-corrected chi connectivity index (χ0v) is 13.0. The molecule has 0 aliphatic rings. The van der Waals surface area contributed by atoms with E-state index in [9.17, 15) is 18.3 Å². The molecule has 2 aromatic rings. The lowest BCUT2D eigenvalue weighted by molar-refractivity contribution is 0.102. The van der Waals surface area contributed by atoms with Gasteiger partial charge in [0.25, 0.3) is 5.91 Å². The number of nitrogens with zero attached hydrogens (tertiary/aromatic N) is 1. The Morgan fingerprint density at radius 3 is 2.64 bits per heavy atom. The summed E-state index contributed by atoms with van der Waals surface area (Å²) in [6, 6.07) is 8.75. The third-order valence-corrected chi connectivity index (χ3v) is 4.81. The van der Waals surface area contributed by atoms with Gasteiger partial charge in [-0.05, 0) is 37.3 Å². The molecule has 0 spiro atoms. The maximum Gasteiger partial charge on any atom is 0.274 e. The van der Waals surface area contributed by atoms with E-state index in [1.807, 2.05) is 0 Å². The summed E-state index contributed by atoms with van der Waals surface area (Å²) in [6.45, 7) is 3.28. The summed E-state index contributed by atoms with van der Waals surface area (Å²) in [4.78, 5) is 16.2. The molecule has 1 amide bonds. The van der Waals surface area contributed by atoms with Gasteiger partial charge in [-0.1, -0.05) is 13.0 Å². The number of phenolic OH excluding ortho intramolecular Hbond substituents is 1. The van der Waals surface area contributed by atoms with Gasteiger partial charge in [0.05, 0.1) is 16.3 Å². The van der Waals surface area contributed by atoms with Crippen molar-refractivity contribution < 1.29 is 18.3 Å². The molecule has 0 radical (unpaired) electrons. The number of aromatic hydroxyl groups is 1. The van der Waals surface area contributed by atoms with Gasteiger partial charge in [0, 0.05) is 5.69 Å². The Hall–Kier alpha value is -2.41. The summed E-state index contributed by atoms with van der Waals surface area (Å²) in [5.41, 5.74) is 0.894. The fourth-order valence-corrected chi connectivity index (χ4v) is 2.74. The number of amides is 1. The van der Waals surface area contributed by atoms with Crippen LogP contribution < -0.4 is 5.32 Å². The molecule has 0 fully saturated rings. The number of sulfone groups is 1. The van der Waals surface area contributed by atoms with Crippen molar-refractivity contribution >= 4 is 21.4 Å². The van der Waals surface area contributed by atoms with Crippen LogP contribution in [0.4, 0.5) is 5.69 Å². The van der Waals surface area contributed by atoms with E-state index in [0.717, 1.165) is 0 Å². The molecule has 6 nitrogen and oxygen atoms in total. The van der Waals surface area contributed by atoms with E-state index in [1.165, 1.54) is 31.2 Å². The van der Waals surface area contributed by atoms with Crippen LogP contribution in [-0.2, 0) is 9.84 Å². The number of carbonyl (C=O) groups excluding carboxylic acids is 1. The van der Waals surface area contributed by atoms with Crippen molar-refractivity contribution in [3.63, 3.8) is 0 Å². The van der Waals surface area contributed by atoms with Gasteiger partial charge in [0.2, 0.25) is 0 Å². The van der Waals surface area contributed by atoms with E-state index in [2.05, 4.69) is 10.3 Å². The molecule has 116 valence electrons. The predicted octanol–water partition coefficient (Wildman–Crippen LogP) is 2.14. The molecule has 7 heteroatoms. The maximum absolute atomic E-state index is 12.1. The number of benzene rings is 1. The van der Waals surface area contributed by atoms with E-state index in [4.69, 9.17) is 0 Å². The fourth-order valence-electron chi connectivity index (χ4n) is 1.83. The minimum atomic E-state index is -3.42. The molecule has 2 rings (SSSR count). The molecule has 0 aliphatic carbocycles. The molecule has 0 unspecified atom stereocenters. The molecule has 0 atom stereocenters. The zero-order valence-electron chi connectivity index (χ0n) is 12.2. The van der Waals surface area contributed by atoms with Crippen molar-refractivity contribution in [1.82, 2.24) is 4.98 Å². The first-order valence-electron chi connectivity index (χ1n) is 6.64. The summed E-state index contributed by atoms with van der Waals surface area (Å²) in [6.07, 6.45) is 0. The van der Waals surface area contributed by atoms with Crippen molar-refractivity contribution in [2.45, 2.75) is 18.7 Å². The summed E-state index contributed by atoms with van der Waals surface area (Å²) < 4.78 is 23.7. The van der Waals surface area contributed by atoms with Gasteiger partial charge in [-0.25, -0.2) is 13.4 Å². The van der Waals surface area contributed by atoms with Gasteiger partial charge in [0.1, 0.15) is 11.4 Å². The standard InChI is InChI=1S/C15H16N2O4S/c1-3-22(20,21)11-7-8-14(18)13(9-11)17-15(19)12-6-4-5-10(2)16-12/h4-9,18H,3H2,1-2H3,(H,17,19). The van der Waals surface area contributed by atoms with Crippen LogP contribution in [0.25, 0.3) is 0 Å². The Labute approximate surface area is 128 Å². The van der Waals surface area contributed by atoms with E-state index < -0.39 is 15.7 Å². The number of hydrogen-bond donors (Lipinski definition) is 2. The number of nitrogens with one attached hydrogen (secondary N) is 1. The second-order valence-electron chi connectivity index (χ2n) is 4.70. The van der Waals surface area contributed by atoms with Crippen molar-refractivity contribution in [2.75, 3.05) is 11.1 Å². The minimum Gasteiger partial charge on any atom is -0.506 e. The number of carbonyl (C=O) groups is 1. The third kappa shape index (κ3) is 3.43. The van der Waals surface area contributed by atoms with Crippen LogP contribution in [0.3, 0.4) is 0 Å². The lowest BCUT2D eigenvalue weighted by Crippen LogP contribution is -2.14. The van der Waals surface area contributed by atoms with E-state index >= 15 is 0 Å². The molecular weight excluding hydrogens is 304 g/mol. The van der Waals surface area contributed by atoms with Gasteiger partial charge in [0.15, 0.2) is 9.84 Å². The highest BCUT2D eigenvalue weighted by Crippen LogP contribution is 2.27. The molecule has 1 aromatic carbocycles. The second-order valence-corrected chi connectivity index (χ2v) is 6.98. The lowest BCUT2D eigenvalue weighted by atomic mass is 10.2. The van der Waals surface area contributed by atoms with Crippen LogP contribution >= 0.6 is 0 Å². The number of rotatable bonds is 4. The van der Waals surface area contributed by atoms with Crippen LogP contribution in [0, 0.1) is 6.92 Å². The summed E-state index contributed by atoms with van der Waals surface area (Å²) in [7, 11) is -3.42. The Kier molecular flexibility index (Phi) is 4.46. The first kappa shape index (κ1) is 16.0. The summed E-state index contributed by atoms with van der Waals surface area (Å²) in [5.74, 6) is -0.800.